The van der Waals surface area contributed by atoms with Crippen molar-refractivity contribution in [3.63, 3.8) is 0 Å². The molecule has 0 spiro atoms. The normalized spacial score (nSPS) is 13.5. The SMILES string of the molecule is Cc1cc(N2CCc3ccc(F)cc32)nc(NN)n1. The van der Waals surface area contributed by atoms with Crippen LogP contribution in [-0.2, 0) is 6.42 Å². The van der Waals surface area contributed by atoms with Crippen LogP contribution in [0.25, 0.3) is 0 Å². The van der Waals surface area contributed by atoms with E-state index in [0.29, 0.717) is 5.95 Å². The fourth-order valence-corrected chi connectivity index (χ4v) is 2.35. The van der Waals surface area contributed by atoms with E-state index in [2.05, 4.69) is 15.4 Å². The van der Waals surface area contributed by atoms with Gasteiger partial charge in [-0.05, 0) is 31.0 Å². The number of aryl methyl sites for hydroxylation is 1. The van der Waals surface area contributed by atoms with Crippen molar-refractivity contribution >= 4 is 17.5 Å². The number of hydrazine groups is 1. The Bertz CT molecular complexity index is 628. The summed E-state index contributed by atoms with van der Waals surface area (Å²) in [4.78, 5) is 10.4. The molecule has 0 aliphatic carbocycles. The fraction of sp³-hybridized carbons (Fsp3) is 0.231. The van der Waals surface area contributed by atoms with Crippen LogP contribution in [0.3, 0.4) is 0 Å². The van der Waals surface area contributed by atoms with Gasteiger partial charge < -0.3 is 4.90 Å². The number of aromatic nitrogens is 2. The van der Waals surface area contributed by atoms with Crippen LogP contribution < -0.4 is 16.2 Å². The van der Waals surface area contributed by atoms with Crippen molar-refractivity contribution in [3.8, 4) is 0 Å². The molecule has 0 saturated heterocycles. The lowest BCUT2D eigenvalue weighted by Crippen LogP contribution is -2.18. The lowest BCUT2D eigenvalue weighted by Gasteiger charge is -2.19. The summed E-state index contributed by atoms with van der Waals surface area (Å²) in [5, 5.41) is 0. The van der Waals surface area contributed by atoms with Crippen LogP contribution in [0.5, 0.6) is 0 Å². The van der Waals surface area contributed by atoms with Crippen LogP contribution >= 0.6 is 0 Å². The van der Waals surface area contributed by atoms with Gasteiger partial charge in [0.1, 0.15) is 11.6 Å². The molecule has 1 aromatic heterocycles. The van der Waals surface area contributed by atoms with E-state index in [1.54, 1.807) is 0 Å². The van der Waals surface area contributed by atoms with Crippen molar-refractivity contribution in [1.82, 2.24) is 9.97 Å². The largest absolute Gasteiger partial charge is 0.326 e. The van der Waals surface area contributed by atoms with Gasteiger partial charge in [-0.15, -0.1) is 0 Å². The van der Waals surface area contributed by atoms with Crippen molar-refractivity contribution in [1.29, 1.82) is 0 Å². The van der Waals surface area contributed by atoms with Crippen molar-refractivity contribution in [2.24, 2.45) is 5.84 Å². The number of anilines is 3. The number of hydrogen-bond donors (Lipinski definition) is 2. The summed E-state index contributed by atoms with van der Waals surface area (Å²) in [5.41, 5.74) is 5.24. The minimum Gasteiger partial charge on any atom is -0.326 e. The van der Waals surface area contributed by atoms with Crippen molar-refractivity contribution in [2.75, 3.05) is 16.9 Å². The number of hydrogen-bond acceptors (Lipinski definition) is 5. The number of fused-ring (bicyclic) bond motifs is 1. The topological polar surface area (TPSA) is 67.1 Å². The quantitative estimate of drug-likeness (QED) is 0.637. The number of nitrogens with zero attached hydrogens (tertiary/aromatic N) is 3. The smallest absolute Gasteiger partial charge is 0.239 e. The van der Waals surface area contributed by atoms with Crippen LogP contribution in [0.2, 0.25) is 0 Å². The molecule has 2 heterocycles. The van der Waals surface area contributed by atoms with Crippen molar-refractivity contribution < 1.29 is 4.39 Å². The van der Waals surface area contributed by atoms with E-state index >= 15 is 0 Å². The van der Waals surface area contributed by atoms with Gasteiger partial charge in [-0.3, -0.25) is 5.43 Å². The molecule has 0 unspecified atom stereocenters. The Morgan fingerprint density at radius 2 is 2.16 bits per heavy atom. The first kappa shape index (κ1) is 11.9. The van der Waals surface area contributed by atoms with Gasteiger partial charge in [0.2, 0.25) is 5.95 Å². The molecule has 3 rings (SSSR count). The lowest BCUT2D eigenvalue weighted by molar-refractivity contribution is 0.628. The van der Waals surface area contributed by atoms with E-state index in [9.17, 15) is 4.39 Å². The predicted molar refractivity (Wildman–Crippen MR) is 71.7 cm³/mol. The first-order chi connectivity index (χ1) is 9.17. The number of nitrogens with two attached hydrogens (primary N) is 1. The van der Waals surface area contributed by atoms with Gasteiger partial charge in [-0.2, -0.15) is 4.98 Å². The average molecular weight is 259 g/mol. The Morgan fingerprint density at radius 3 is 2.95 bits per heavy atom. The third-order valence-electron chi connectivity index (χ3n) is 3.19. The molecule has 98 valence electrons. The first-order valence-electron chi connectivity index (χ1n) is 6.05. The number of benzene rings is 1. The Labute approximate surface area is 110 Å². The van der Waals surface area contributed by atoms with Gasteiger partial charge >= 0.3 is 0 Å². The minimum absolute atomic E-state index is 0.242. The van der Waals surface area contributed by atoms with Crippen molar-refractivity contribution in [3.05, 3.63) is 41.3 Å². The maximum absolute atomic E-state index is 13.4. The molecule has 5 nitrogen and oxygen atoms in total. The van der Waals surface area contributed by atoms with E-state index in [4.69, 9.17) is 5.84 Å². The summed E-state index contributed by atoms with van der Waals surface area (Å²) >= 11 is 0. The highest BCUT2D eigenvalue weighted by atomic mass is 19.1. The summed E-state index contributed by atoms with van der Waals surface area (Å²) < 4.78 is 13.4. The Morgan fingerprint density at radius 1 is 1.32 bits per heavy atom. The highest BCUT2D eigenvalue weighted by Gasteiger charge is 2.22. The third kappa shape index (κ3) is 2.10. The van der Waals surface area contributed by atoms with Gasteiger partial charge in [-0.1, -0.05) is 6.07 Å². The van der Waals surface area contributed by atoms with Crippen LogP contribution in [0.4, 0.5) is 21.8 Å². The minimum atomic E-state index is -0.242. The lowest BCUT2D eigenvalue weighted by atomic mass is 10.2. The number of halogens is 1. The molecule has 3 N–H and O–H groups in total. The molecule has 0 atom stereocenters. The Hall–Kier alpha value is -2.21. The summed E-state index contributed by atoms with van der Waals surface area (Å²) in [7, 11) is 0. The molecule has 0 bridgehead atoms. The van der Waals surface area contributed by atoms with Gasteiger partial charge in [0.05, 0.1) is 0 Å². The maximum atomic E-state index is 13.4. The molecule has 0 amide bonds. The highest BCUT2D eigenvalue weighted by Crippen LogP contribution is 2.34. The number of nitrogen functional groups attached to an aromatic ring is 1. The Kier molecular flexibility index (Phi) is 2.79. The van der Waals surface area contributed by atoms with Gasteiger partial charge in [0.15, 0.2) is 0 Å². The summed E-state index contributed by atoms with van der Waals surface area (Å²) in [6.07, 6.45) is 0.879. The molecule has 0 fully saturated rings. The van der Waals surface area contributed by atoms with E-state index in [-0.39, 0.29) is 5.82 Å². The predicted octanol–water partition coefficient (Wildman–Crippen LogP) is 1.90. The van der Waals surface area contributed by atoms with E-state index in [1.165, 1.54) is 12.1 Å². The highest BCUT2D eigenvalue weighted by molar-refractivity contribution is 5.68. The van der Waals surface area contributed by atoms with Crippen LogP contribution in [0.1, 0.15) is 11.3 Å². The fourth-order valence-electron chi connectivity index (χ4n) is 2.35. The zero-order valence-corrected chi connectivity index (χ0v) is 10.5. The van der Waals surface area contributed by atoms with Crippen molar-refractivity contribution in [2.45, 2.75) is 13.3 Å². The maximum Gasteiger partial charge on any atom is 0.239 e. The summed E-state index contributed by atoms with van der Waals surface area (Å²) in [5.74, 6) is 6.20. The first-order valence-corrected chi connectivity index (χ1v) is 6.05. The molecule has 2 aromatic rings. The third-order valence-corrected chi connectivity index (χ3v) is 3.19. The second-order valence-corrected chi connectivity index (χ2v) is 4.51. The van der Waals surface area contributed by atoms with Gasteiger partial charge in [0, 0.05) is 24.0 Å². The second-order valence-electron chi connectivity index (χ2n) is 4.51. The molecule has 1 aliphatic heterocycles. The summed E-state index contributed by atoms with van der Waals surface area (Å²) in [6, 6.07) is 6.71. The monoisotopic (exact) mass is 259 g/mol. The molecule has 1 aromatic carbocycles. The zero-order chi connectivity index (χ0) is 13.4. The number of nitrogens with one attached hydrogen (secondary N) is 1. The standard InChI is InChI=1S/C13H14FN5/c1-8-6-12(17-13(16-8)18-15)19-5-4-9-2-3-10(14)7-11(9)19/h2-3,6-7H,4-5,15H2,1H3,(H,16,17,18). The average Bonchev–Trinajstić information content (AvgIpc) is 2.80. The second kappa shape index (κ2) is 4.47. The van der Waals surface area contributed by atoms with Crippen LogP contribution in [-0.4, -0.2) is 16.5 Å². The number of rotatable bonds is 2. The van der Waals surface area contributed by atoms with Crippen LogP contribution in [0, 0.1) is 12.7 Å². The van der Waals surface area contributed by atoms with E-state index in [0.717, 1.165) is 35.7 Å². The molecule has 0 radical (unpaired) electrons. The molecule has 0 saturated carbocycles. The van der Waals surface area contributed by atoms with Crippen LogP contribution in [0.15, 0.2) is 24.3 Å². The Balaban J connectivity index is 2.06. The van der Waals surface area contributed by atoms with Gasteiger partial charge in [-0.25, -0.2) is 15.2 Å². The molecular formula is C13H14FN5. The van der Waals surface area contributed by atoms with Gasteiger partial charge in [0.25, 0.3) is 0 Å². The zero-order valence-electron chi connectivity index (χ0n) is 10.5. The molecule has 19 heavy (non-hydrogen) atoms. The molecule has 6 heteroatoms. The molecule has 1 aliphatic rings. The molecular weight excluding hydrogens is 245 g/mol. The van der Waals surface area contributed by atoms with E-state index < -0.39 is 0 Å². The summed E-state index contributed by atoms with van der Waals surface area (Å²) in [6.45, 7) is 2.65. The van der Waals surface area contributed by atoms with E-state index in [1.807, 2.05) is 24.0 Å².